The second kappa shape index (κ2) is 7.62. The lowest BCUT2D eigenvalue weighted by molar-refractivity contribution is -0.121. The first kappa shape index (κ1) is 15.4. The first-order valence-electron chi connectivity index (χ1n) is 5.40. The number of carbonyl (C=O) groups excluding carboxylic acids is 1. The Hall–Kier alpha value is -0.620. The Balaban J connectivity index is 3.46. The highest BCUT2D eigenvalue weighted by Crippen LogP contribution is 1.94. The van der Waals surface area contributed by atoms with E-state index in [9.17, 15) is 13.2 Å². The van der Waals surface area contributed by atoms with Crippen LogP contribution in [0.25, 0.3) is 0 Å². The summed E-state index contributed by atoms with van der Waals surface area (Å²) >= 11 is 0. The van der Waals surface area contributed by atoms with Gasteiger partial charge in [-0.2, -0.15) is 0 Å². The summed E-state index contributed by atoms with van der Waals surface area (Å²) in [5.41, 5.74) is 0. The molecule has 96 valence electrons. The molecule has 0 unspecified atom stereocenters. The Morgan fingerprint density at radius 3 is 2.38 bits per heavy atom. The number of nitrogens with zero attached hydrogens (tertiary/aromatic N) is 1. The van der Waals surface area contributed by atoms with Gasteiger partial charge >= 0.3 is 0 Å². The maximum atomic E-state index is 11.3. The number of hydrogen-bond acceptors (Lipinski definition) is 4. The lowest BCUT2D eigenvalue weighted by Gasteiger charge is -2.09. The predicted molar refractivity (Wildman–Crippen MR) is 65.1 cm³/mol. The summed E-state index contributed by atoms with van der Waals surface area (Å²) in [7, 11) is 1.02. The topological polar surface area (TPSA) is 66.5 Å². The van der Waals surface area contributed by atoms with Crippen LogP contribution < -0.4 is 5.32 Å². The van der Waals surface area contributed by atoms with Gasteiger partial charge in [0.25, 0.3) is 0 Å². The number of carbonyl (C=O) groups is 1. The van der Waals surface area contributed by atoms with Gasteiger partial charge in [-0.1, -0.05) is 0 Å². The molecule has 0 fully saturated rings. The van der Waals surface area contributed by atoms with Crippen molar-refractivity contribution in [1.82, 2.24) is 10.2 Å². The predicted octanol–water partition coefficient (Wildman–Crippen LogP) is -0.121. The second-order valence-corrected chi connectivity index (χ2v) is 6.50. The number of rotatable bonds is 8. The van der Waals surface area contributed by atoms with Crippen molar-refractivity contribution in [3.8, 4) is 0 Å². The average Bonchev–Trinajstić information content (AvgIpc) is 2.10. The zero-order chi connectivity index (χ0) is 12.6. The summed E-state index contributed by atoms with van der Waals surface area (Å²) < 4.78 is 21.6. The molecular weight excluding hydrogens is 228 g/mol. The van der Waals surface area contributed by atoms with Gasteiger partial charge < -0.3 is 10.2 Å². The molecule has 16 heavy (non-hydrogen) atoms. The van der Waals surface area contributed by atoms with E-state index in [0.29, 0.717) is 13.0 Å². The van der Waals surface area contributed by atoms with Crippen LogP contribution in [0.15, 0.2) is 0 Å². The summed E-state index contributed by atoms with van der Waals surface area (Å²) in [4.78, 5) is 13.3. The van der Waals surface area contributed by atoms with E-state index in [-0.39, 0.29) is 18.1 Å². The van der Waals surface area contributed by atoms with Gasteiger partial charge in [-0.05, 0) is 33.5 Å². The molecule has 5 nitrogen and oxygen atoms in total. The molecule has 0 aromatic rings. The zero-order valence-electron chi connectivity index (χ0n) is 10.3. The van der Waals surface area contributed by atoms with Crippen molar-refractivity contribution >= 4 is 15.7 Å². The van der Waals surface area contributed by atoms with Crippen molar-refractivity contribution in [3.63, 3.8) is 0 Å². The molecule has 0 spiro atoms. The summed E-state index contributed by atoms with van der Waals surface area (Å²) in [5.74, 6) is 0.0142. The van der Waals surface area contributed by atoms with Crippen molar-refractivity contribution in [1.29, 1.82) is 0 Å². The highest BCUT2D eigenvalue weighted by Gasteiger charge is 2.05. The summed E-state index contributed by atoms with van der Waals surface area (Å²) in [5, 5.41) is 2.76. The molecule has 0 atom stereocenters. The Bertz CT molecular complexity index is 299. The quantitative estimate of drug-likeness (QED) is 0.610. The minimum Gasteiger partial charge on any atom is -0.356 e. The summed E-state index contributed by atoms with van der Waals surface area (Å²) in [6.45, 7) is 1.58. The van der Waals surface area contributed by atoms with E-state index in [1.54, 1.807) is 0 Å². The third-order valence-electron chi connectivity index (χ3n) is 2.02. The Morgan fingerprint density at radius 2 is 1.88 bits per heavy atom. The monoisotopic (exact) mass is 250 g/mol. The van der Waals surface area contributed by atoms with Crippen LogP contribution in [0.5, 0.6) is 0 Å². The number of sulfone groups is 1. The van der Waals surface area contributed by atoms with Crippen molar-refractivity contribution in [2.24, 2.45) is 0 Å². The Kier molecular flexibility index (Phi) is 7.33. The Labute approximate surface area is 98.1 Å². The van der Waals surface area contributed by atoms with E-state index in [0.717, 1.165) is 13.0 Å². The van der Waals surface area contributed by atoms with Gasteiger partial charge in [-0.3, -0.25) is 4.79 Å². The van der Waals surface area contributed by atoms with Gasteiger partial charge in [-0.25, -0.2) is 8.42 Å². The van der Waals surface area contributed by atoms with Gasteiger partial charge in [0.1, 0.15) is 9.84 Å². The molecular formula is C10H22N2O3S. The molecule has 0 saturated carbocycles. The third-order valence-corrected chi connectivity index (χ3v) is 3.05. The first-order chi connectivity index (χ1) is 7.31. The van der Waals surface area contributed by atoms with Crippen LogP contribution in [0.2, 0.25) is 0 Å². The van der Waals surface area contributed by atoms with Crippen molar-refractivity contribution in [2.45, 2.75) is 19.3 Å². The van der Waals surface area contributed by atoms with Crippen LogP contribution in [-0.4, -0.2) is 58.4 Å². The maximum absolute atomic E-state index is 11.3. The van der Waals surface area contributed by atoms with Crippen LogP contribution in [0.1, 0.15) is 19.3 Å². The molecule has 0 heterocycles. The SMILES string of the molecule is CN(C)CCCNC(=O)CCCS(C)(=O)=O. The van der Waals surface area contributed by atoms with Gasteiger partial charge in [0.15, 0.2) is 0 Å². The van der Waals surface area contributed by atoms with Crippen LogP contribution >= 0.6 is 0 Å². The molecule has 0 aromatic heterocycles. The summed E-state index contributed by atoms with van der Waals surface area (Å²) in [6, 6.07) is 0. The van der Waals surface area contributed by atoms with Crippen LogP contribution in [0, 0.1) is 0 Å². The standard InChI is InChI=1S/C10H22N2O3S/c1-12(2)8-5-7-11-10(13)6-4-9-16(3,14)15/h4-9H2,1-3H3,(H,11,13). The molecule has 0 rings (SSSR count). The lowest BCUT2D eigenvalue weighted by atomic mass is 10.3. The maximum Gasteiger partial charge on any atom is 0.220 e. The van der Waals surface area contributed by atoms with Gasteiger partial charge in [0.2, 0.25) is 5.91 Å². The molecule has 0 aliphatic heterocycles. The average molecular weight is 250 g/mol. The van der Waals surface area contributed by atoms with Crippen molar-refractivity contribution in [2.75, 3.05) is 39.2 Å². The van der Waals surface area contributed by atoms with Gasteiger partial charge in [0.05, 0.1) is 5.75 Å². The normalized spacial score (nSPS) is 11.8. The number of hydrogen-bond donors (Lipinski definition) is 1. The minimum atomic E-state index is -2.94. The van der Waals surface area contributed by atoms with E-state index >= 15 is 0 Å². The second-order valence-electron chi connectivity index (χ2n) is 4.24. The molecule has 0 aliphatic rings. The van der Waals surface area contributed by atoms with E-state index in [4.69, 9.17) is 0 Å². The minimum absolute atomic E-state index is 0.0672. The molecule has 0 bridgehead atoms. The van der Waals surface area contributed by atoms with Crippen LogP contribution in [0.4, 0.5) is 0 Å². The number of amides is 1. The molecule has 0 aliphatic carbocycles. The van der Waals surface area contributed by atoms with Crippen LogP contribution in [0.3, 0.4) is 0 Å². The van der Waals surface area contributed by atoms with Gasteiger partial charge in [0, 0.05) is 19.2 Å². The third kappa shape index (κ3) is 11.5. The first-order valence-corrected chi connectivity index (χ1v) is 7.46. The van der Waals surface area contributed by atoms with Crippen molar-refractivity contribution in [3.05, 3.63) is 0 Å². The fourth-order valence-electron chi connectivity index (χ4n) is 1.21. The molecule has 1 N–H and O–H groups in total. The summed E-state index contributed by atoms with van der Waals surface area (Å²) in [6.07, 6.45) is 2.78. The van der Waals surface area contributed by atoms with E-state index in [1.807, 2.05) is 14.1 Å². The molecule has 6 heteroatoms. The Morgan fingerprint density at radius 1 is 1.25 bits per heavy atom. The van der Waals surface area contributed by atoms with E-state index in [2.05, 4.69) is 10.2 Å². The molecule has 1 amide bonds. The lowest BCUT2D eigenvalue weighted by Crippen LogP contribution is -2.27. The fraction of sp³-hybridized carbons (Fsp3) is 0.900. The zero-order valence-corrected chi connectivity index (χ0v) is 11.1. The van der Waals surface area contributed by atoms with Crippen molar-refractivity contribution < 1.29 is 13.2 Å². The fourth-order valence-corrected chi connectivity index (χ4v) is 1.88. The van der Waals surface area contributed by atoms with Crippen LogP contribution in [-0.2, 0) is 14.6 Å². The molecule has 0 radical (unpaired) electrons. The number of nitrogens with one attached hydrogen (secondary N) is 1. The van der Waals surface area contributed by atoms with E-state index < -0.39 is 9.84 Å². The van der Waals surface area contributed by atoms with E-state index in [1.165, 1.54) is 6.26 Å². The molecule has 0 aromatic carbocycles. The smallest absolute Gasteiger partial charge is 0.220 e. The largest absolute Gasteiger partial charge is 0.356 e. The highest BCUT2D eigenvalue weighted by atomic mass is 32.2. The highest BCUT2D eigenvalue weighted by molar-refractivity contribution is 7.90. The van der Waals surface area contributed by atoms with Gasteiger partial charge in [-0.15, -0.1) is 0 Å². The molecule has 0 saturated heterocycles.